The minimum absolute atomic E-state index is 0.115. The summed E-state index contributed by atoms with van der Waals surface area (Å²) in [5.41, 5.74) is 5.82. The van der Waals surface area contributed by atoms with Crippen LogP contribution in [-0.2, 0) is 9.47 Å². The summed E-state index contributed by atoms with van der Waals surface area (Å²) in [6.07, 6.45) is 3.99. The maximum Gasteiger partial charge on any atom is 0.0808 e. The highest BCUT2D eigenvalue weighted by atomic mass is 16.5. The normalized spacial score (nSPS) is 25.2. The molecular formula is C12H25NO2. The van der Waals surface area contributed by atoms with Gasteiger partial charge in [0.15, 0.2) is 0 Å². The molecule has 3 nitrogen and oxygen atoms in total. The summed E-state index contributed by atoms with van der Waals surface area (Å²) in [7, 11) is 0. The van der Waals surface area contributed by atoms with Crippen molar-refractivity contribution in [2.75, 3.05) is 19.8 Å². The van der Waals surface area contributed by atoms with Gasteiger partial charge in [-0.25, -0.2) is 0 Å². The van der Waals surface area contributed by atoms with Gasteiger partial charge >= 0.3 is 0 Å². The van der Waals surface area contributed by atoms with Crippen LogP contribution < -0.4 is 5.73 Å². The van der Waals surface area contributed by atoms with Gasteiger partial charge in [-0.2, -0.15) is 0 Å². The van der Waals surface area contributed by atoms with Gasteiger partial charge in [0.2, 0.25) is 0 Å². The fraction of sp³-hybridized carbons (Fsp3) is 1.00. The molecule has 0 aromatic carbocycles. The Morgan fingerprint density at radius 2 is 2.13 bits per heavy atom. The number of hydrogen-bond acceptors (Lipinski definition) is 3. The fourth-order valence-corrected chi connectivity index (χ4v) is 1.83. The molecule has 0 bridgehead atoms. The molecule has 1 fully saturated rings. The number of nitrogens with two attached hydrogens (primary N) is 1. The highest BCUT2D eigenvalue weighted by molar-refractivity contribution is 4.76. The van der Waals surface area contributed by atoms with E-state index in [1.165, 1.54) is 12.8 Å². The van der Waals surface area contributed by atoms with Crippen molar-refractivity contribution in [2.45, 2.75) is 52.2 Å². The minimum atomic E-state index is 0.115. The second-order valence-electron chi connectivity index (χ2n) is 5.41. The van der Waals surface area contributed by atoms with Crippen molar-refractivity contribution >= 4 is 0 Å². The van der Waals surface area contributed by atoms with E-state index in [0.29, 0.717) is 13.2 Å². The Morgan fingerprint density at radius 1 is 1.40 bits per heavy atom. The molecule has 90 valence electrons. The standard InChI is InChI=1S/C12H25NO2/c1-12(2,3)11(8-13)15-9-10-6-4-5-7-14-10/h10-11H,4-9,13H2,1-3H3. The van der Waals surface area contributed by atoms with Gasteiger partial charge in [0.05, 0.1) is 18.8 Å². The zero-order valence-corrected chi connectivity index (χ0v) is 10.3. The van der Waals surface area contributed by atoms with Crippen LogP contribution in [0.25, 0.3) is 0 Å². The number of rotatable bonds is 4. The molecule has 1 heterocycles. The van der Waals surface area contributed by atoms with Crippen LogP contribution >= 0.6 is 0 Å². The third kappa shape index (κ3) is 4.49. The lowest BCUT2D eigenvalue weighted by atomic mass is 9.89. The van der Waals surface area contributed by atoms with Gasteiger partial charge in [0.25, 0.3) is 0 Å². The summed E-state index contributed by atoms with van der Waals surface area (Å²) in [6, 6.07) is 0. The topological polar surface area (TPSA) is 44.5 Å². The summed E-state index contributed by atoms with van der Waals surface area (Å²) in [6.45, 7) is 8.64. The van der Waals surface area contributed by atoms with Crippen molar-refractivity contribution in [3.63, 3.8) is 0 Å². The first-order chi connectivity index (χ1) is 7.04. The van der Waals surface area contributed by atoms with E-state index in [-0.39, 0.29) is 17.6 Å². The molecule has 0 radical (unpaired) electrons. The van der Waals surface area contributed by atoms with Gasteiger partial charge in [-0.15, -0.1) is 0 Å². The van der Waals surface area contributed by atoms with Crippen molar-refractivity contribution in [1.29, 1.82) is 0 Å². The molecule has 15 heavy (non-hydrogen) atoms. The van der Waals surface area contributed by atoms with Crippen molar-refractivity contribution in [3.8, 4) is 0 Å². The van der Waals surface area contributed by atoms with Crippen LogP contribution in [0.5, 0.6) is 0 Å². The van der Waals surface area contributed by atoms with Crippen LogP contribution in [0.1, 0.15) is 40.0 Å². The largest absolute Gasteiger partial charge is 0.376 e. The van der Waals surface area contributed by atoms with Gasteiger partial charge in [0.1, 0.15) is 0 Å². The lowest BCUT2D eigenvalue weighted by Gasteiger charge is -2.32. The molecule has 2 unspecified atom stereocenters. The lowest BCUT2D eigenvalue weighted by molar-refractivity contribution is -0.0852. The third-order valence-electron chi connectivity index (χ3n) is 2.94. The Balaban J connectivity index is 2.27. The van der Waals surface area contributed by atoms with Crippen LogP contribution in [0, 0.1) is 5.41 Å². The van der Waals surface area contributed by atoms with E-state index in [0.717, 1.165) is 13.0 Å². The van der Waals surface area contributed by atoms with Crippen LogP contribution in [0.2, 0.25) is 0 Å². The van der Waals surface area contributed by atoms with Crippen molar-refractivity contribution in [3.05, 3.63) is 0 Å². The minimum Gasteiger partial charge on any atom is -0.376 e. The molecule has 0 saturated carbocycles. The van der Waals surface area contributed by atoms with E-state index < -0.39 is 0 Å². The molecule has 0 aromatic heterocycles. The Morgan fingerprint density at radius 3 is 2.60 bits per heavy atom. The van der Waals surface area contributed by atoms with E-state index in [2.05, 4.69) is 20.8 Å². The molecule has 2 atom stereocenters. The summed E-state index contributed by atoms with van der Waals surface area (Å²) in [5, 5.41) is 0. The quantitative estimate of drug-likeness (QED) is 0.779. The predicted octanol–water partition coefficient (Wildman–Crippen LogP) is 1.95. The van der Waals surface area contributed by atoms with Gasteiger partial charge < -0.3 is 15.2 Å². The Kier molecular flexibility index (Phi) is 5.03. The van der Waals surface area contributed by atoms with Gasteiger partial charge in [-0.3, -0.25) is 0 Å². The SMILES string of the molecule is CC(C)(C)C(CN)OCC1CCCCO1. The predicted molar refractivity (Wildman–Crippen MR) is 61.8 cm³/mol. The zero-order chi connectivity index (χ0) is 11.3. The van der Waals surface area contributed by atoms with Gasteiger partial charge in [0, 0.05) is 13.2 Å². The molecule has 0 spiro atoms. The summed E-state index contributed by atoms with van der Waals surface area (Å²) < 4.78 is 11.5. The van der Waals surface area contributed by atoms with Gasteiger partial charge in [-0.05, 0) is 24.7 Å². The Hall–Kier alpha value is -0.120. The molecule has 1 saturated heterocycles. The molecule has 0 aliphatic carbocycles. The molecule has 0 amide bonds. The number of ether oxygens (including phenoxy) is 2. The highest BCUT2D eigenvalue weighted by Crippen LogP contribution is 2.22. The molecule has 1 aliphatic rings. The smallest absolute Gasteiger partial charge is 0.0808 e. The molecule has 0 aromatic rings. The summed E-state index contributed by atoms with van der Waals surface area (Å²) >= 11 is 0. The average molecular weight is 215 g/mol. The second kappa shape index (κ2) is 5.83. The maximum absolute atomic E-state index is 5.85. The molecule has 3 heteroatoms. The van der Waals surface area contributed by atoms with Crippen molar-refractivity contribution in [1.82, 2.24) is 0 Å². The van der Waals surface area contributed by atoms with E-state index in [1.54, 1.807) is 0 Å². The van der Waals surface area contributed by atoms with Crippen molar-refractivity contribution < 1.29 is 9.47 Å². The first-order valence-corrected chi connectivity index (χ1v) is 5.97. The molecule has 1 rings (SSSR count). The van der Waals surface area contributed by atoms with E-state index in [9.17, 15) is 0 Å². The summed E-state index contributed by atoms with van der Waals surface area (Å²) in [4.78, 5) is 0. The number of hydrogen-bond donors (Lipinski definition) is 1. The van der Waals surface area contributed by atoms with Crippen LogP contribution in [0.4, 0.5) is 0 Å². The molecular weight excluding hydrogens is 190 g/mol. The lowest BCUT2D eigenvalue weighted by Crippen LogP contribution is -2.39. The monoisotopic (exact) mass is 215 g/mol. The van der Waals surface area contributed by atoms with Crippen molar-refractivity contribution in [2.24, 2.45) is 11.1 Å². The van der Waals surface area contributed by atoms with Gasteiger partial charge in [-0.1, -0.05) is 20.8 Å². The second-order valence-corrected chi connectivity index (χ2v) is 5.41. The average Bonchev–Trinajstić information content (AvgIpc) is 2.18. The fourth-order valence-electron chi connectivity index (χ4n) is 1.83. The zero-order valence-electron chi connectivity index (χ0n) is 10.3. The third-order valence-corrected chi connectivity index (χ3v) is 2.94. The van der Waals surface area contributed by atoms with Crippen LogP contribution in [-0.4, -0.2) is 32.0 Å². The van der Waals surface area contributed by atoms with E-state index >= 15 is 0 Å². The molecule has 1 aliphatic heterocycles. The maximum atomic E-state index is 5.85. The van der Waals surface area contributed by atoms with Crippen LogP contribution in [0.3, 0.4) is 0 Å². The Labute approximate surface area is 93.3 Å². The van der Waals surface area contributed by atoms with E-state index in [4.69, 9.17) is 15.2 Å². The molecule has 2 N–H and O–H groups in total. The summed E-state index contributed by atoms with van der Waals surface area (Å²) in [5.74, 6) is 0. The first kappa shape index (κ1) is 12.9. The Bertz CT molecular complexity index is 171. The van der Waals surface area contributed by atoms with Crippen LogP contribution in [0.15, 0.2) is 0 Å². The van der Waals surface area contributed by atoms with E-state index in [1.807, 2.05) is 0 Å². The first-order valence-electron chi connectivity index (χ1n) is 5.97. The highest BCUT2D eigenvalue weighted by Gasteiger charge is 2.25.